The van der Waals surface area contributed by atoms with Gasteiger partial charge in [-0.3, -0.25) is 0 Å². The van der Waals surface area contributed by atoms with Crippen molar-refractivity contribution in [1.82, 2.24) is 9.97 Å². The van der Waals surface area contributed by atoms with E-state index in [1.165, 1.54) is 0 Å². The van der Waals surface area contributed by atoms with Crippen molar-refractivity contribution >= 4 is 34.5 Å². The van der Waals surface area contributed by atoms with Gasteiger partial charge in [-0.05, 0) is 49.4 Å². The van der Waals surface area contributed by atoms with Crippen LogP contribution in [0.1, 0.15) is 6.92 Å². The fourth-order valence-corrected chi connectivity index (χ4v) is 2.87. The molecular formula is C22H26N8. The minimum Gasteiger partial charge on any atom is -0.397 e. The number of hydrazone groups is 1. The average molecular weight is 403 g/mol. The highest BCUT2D eigenvalue weighted by atomic mass is 15.5. The summed E-state index contributed by atoms with van der Waals surface area (Å²) in [4.78, 5) is 10.9. The number of amidine groups is 1. The number of nitrogen functional groups attached to an aromatic ring is 1. The molecule has 2 aromatic carbocycles. The lowest BCUT2D eigenvalue weighted by Gasteiger charge is -2.16. The standard InChI is InChI=1S/C22H26N8/c1-5-30(28-15(2)23)18-9-7-17(8-10-18)26-22-25-13-12-20(27-22)16-6-11-19(24)21(14-16)29(3)4/h5-14H,1,24H2,2-4H3,(H2,23,28)(H,25,26,27). The van der Waals surface area contributed by atoms with E-state index in [9.17, 15) is 0 Å². The van der Waals surface area contributed by atoms with E-state index in [1.54, 1.807) is 24.3 Å². The molecule has 0 spiro atoms. The molecule has 1 aromatic heterocycles. The number of nitrogens with zero attached hydrogens (tertiary/aromatic N) is 5. The van der Waals surface area contributed by atoms with Crippen LogP contribution in [0.4, 0.5) is 28.7 Å². The molecule has 0 unspecified atom stereocenters. The summed E-state index contributed by atoms with van der Waals surface area (Å²) in [7, 11) is 3.92. The number of benzene rings is 2. The van der Waals surface area contributed by atoms with Crippen molar-refractivity contribution < 1.29 is 0 Å². The van der Waals surface area contributed by atoms with Crippen molar-refractivity contribution in [3.8, 4) is 11.3 Å². The number of hydrogen-bond acceptors (Lipinski definition) is 7. The molecule has 0 radical (unpaired) electrons. The lowest BCUT2D eigenvalue weighted by atomic mass is 10.1. The first-order chi connectivity index (χ1) is 14.4. The highest BCUT2D eigenvalue weighted by Crippen LogP contribution is 2.28. The van der Waals surface area contributed by atoms with Crippen molar-refractivity contribution in [3.05, 3.63) is 67.5 Å². The van der Waals surface area contributed by atoms with Crippen LogP contribution < -0.4 is 26.7 Å². The molecule has 0 aliphatic heterocycles. The second-order valence-corrected chi connectivity index (χ2v) is 6.87. The first kappa shape index (κ1) is 20.7. The van der Waals surface area contributed by atoms with Crippen LogP contribution in [-0.2, 0) is 0 Å². The summed E-state index contributed by atoms with van der Waals surface area (Å²) in [6, 6.07) is 15.4. The van der Waals surface area contributed by atoms with Gasteiger partial charge in [0.05, 0.1) is 22.8 Å². The predicted octanol–water partition coefficient (Wildman–Crippen LogP) is 3.78. The van der Waals surface area contributed by atoms with Crippen molar-refractivity contribution in [3.63, 3.8) is 0 Å². The Morgan fingerprint density at radius 1 is 1.13 bits per heavy atom. The first-order valence-electron chi connectivity index (χ1n) is 9.37. The molecule has 1 heterocycles. The SMILES string of the molecule is C=CN(/N=C(/C)N)c1ccc(Nc2nccc(-c3ccc(N)c(N(C)C)c3)n2)cc1. The van der Waals surface area contributed by atoms with Gasteiger partial charge in [0.25, 0.3) is 0 Å². The van der Waals surface area contributed by atoms with Crippen LogP contribution >= 0.6 is 0 Å². The summed E-state index contributed by atoms with van der Waals surface area (Å²) in [5.41, 5.74) is 16.8. The van der Waals surface area contributed by atoms with Gasteiger partial charge in [0.15, 0.2) is 0 Å². The van der Waals surface area contributed by atoms with Crippen LogP contribution in [-0.4, -0.2) is 29.9 Å². The molecule has 0 atom stereocenters. The number of nitrogens with one attached hydrogen (secondary N) is 1. The third-order valence-corrected chi connectivity index (χ3v) is 4.29. The number of anilines is 5. The normalized spacial score (nSPS) is 11.1. The zero-order valence-electron chi connectivity index (χ0n) is 17.4. The minimum absolute atomic E-state index is 0.447. The predicted molar refractivity (Wildman–Crippen MR) is 126 cm³/mol. The van der Waals surface area contributed by atoms with Crippen LogP contribution in [0.25, 0.3) is 11.3 Å². The quantitative estimate of drug-likeness (QED) is 0.239. The van der Waals surface area contributed by atoms with Gasteiger partial charge in [0, 0.05) is 37.7 Å². The molecule has 3 aromatic rings. The van der Waals surface area contributed by atoms with Crippen LogP contribution in [0.3, 0.4) is 0 Å². The summed E-state index contributed by atoms with van der Waals surface area (Å²) in [5, 5.41) is 9.04. The Morgan fingerprint density at radius 2 is 1.87 bits per heavy atom. The Morgan fingerprint density at radius 3 is 2.50 bits per heavy atom. The topological polar surface area (TPSA) is 109 Å². The van der Waals surface area contributed by atoms with Gasteiger partial charge in [-0.1, -0.05) is 12.6 Å². The fraction of sp³-hybridized carbons (Fsp3) is 0.136. The van der Waals surface area contributed by atoms with Gasteiger partial charge in [0.1, 0.15) is 5.84 Å². The maximum absolute atomic E-state index is 6.06. The zero-order chi connectivity index (χ0) is 21.7. The molecule has 5 N–H and O–H groups in total. The van der Waals surface area contributed by atoms with Gasteiger partial charge in [-0.15, -0.1) is 0 Å². The summed E-state index contributed by atoms with van der Waals surface area (Å²) >= 11 is 0. The maximum Gasteiger partial charge on any atom is 0.227 e. The van der Waals surface area contributed by atoms with Gasteiger partial charge < -0.3 is 21.7 Å². The van der Waals surface area contributed by atoms with E-state index < -0.39 is 0 Å². The molecule has 0 saturated heterocycles. The van der Waals surface area contributed by atoms with E-state index in [0.717, 1.165) is 34.0 Å². The lowest BCUT2D eigenvalue weighted by molar-refractivity contribution is 1.07. The van der Waals surface area contributed by atoms with E-state index in [4.69, 9.17) is 11.5 Å². The van der Waals surface area contributed by atoms with Gasteiger partial charge in [0.2, 0.25) is 5.95 Å². The van der Waals surface area contributed by atoms with E-state index in [-0.39, 0.29) is 0 Å². The van der Waals surface area contributed by atoms with Crippen molar-refractivity contribution in [1.29, 1.82) is 0 Å². The van der Waals surface area contributed by atoms with Crippen molar-refractivity contribution in [2.45, 2.75) is 6.92 Å². The molecule has 0 aliphatic rings. The second-order valence-electron chi connectivity index (χ2n) is 6.87. The first-order valence-corrected chi connectivity index (χ1v) is 9.37. The number of hydrogen-bond donors (Lipinski definition) is 3. The fourth-order valence-electron chi connectivity index (χ4n) is 2.87. The minimum atomic E-state index is 0.447. The molecule has 0 amide bonds. The third kappa shape index (κ3) is 4.85. The van der Waals surface area contributed by atoms with Gasteiger partial charge >= 0.3 is 0 Å². The summed E-state index contributed by atoms with van der Waals surface area (Å²) in [6.07, 6.45) is 3.32. The van der Waals surface area contributed by atoms with Crippen LogP contribution in [0.2, 0.25) is 0 Å². The third-order valence-electron chi connectivity index (χ3n) is 4.29. The summed E-state index contributed by atoms with van der Waals surface area (Å²) < 4.78 is 0. The number of nitrogens with two attached hydrogens (primary N) is 2. The van der Waals surface area contributed by atoms with Gasteiger partial charge in [-0.2, -0.15) is 5.10 Å². The van der Waals surface area contributed by atoms with E-state index in [1.807, 2.05) is 67.5 Å². The molecular weight excluding hydrogens is 376 g/mol. The van der Waals surface area contributed by atoms with Crippen molar-refractivity contribution in [2.75, 3.05) is 35.1 Å². The Labute approximate surface area is 176 Å². The Kier molecular flexibility index (Phi) is 6.17. The monoisotopic (exact) mass is 402 g/mol. The molecule has 0 bridgehead atoms. The van der Waals surface area contributed by atoms with Crippen LogP contribution in [0, 0.1) is 0 Å². The highest BCUT2D eigenvalue weighted by Gasteiger charge is 2.08. The van der Waals surface area contributed by atoms with E-state index >= 15 is 0 Å². The average Bonchev–Trinajstić information content (AvgIpc) is 2.73. The Hall–Kier alpha value is -4.07. The number of rotatable bonds is 7. The van der Waals surface area contributed by atoms with E-state index in [2.05, 4.69) is 27.0 Å². The van der Waals surface area contributed by atoms with E-state index in [0.29, 0.717) is 11.8 Å². The van der Waals surface area contributed by atoms with Crippen LogP contribution in [0.5, 0.6) is 0 Å². The number of aromatic nitrogens is 2. The molecule has 30 heavy (non-hydrogen) atoms. The van der Waals surface area contributed by atoms with Crippen LogP contribution in [0.15, 0.2) is 72.6 Å². The zero-order valence-corrected chi connectivity index (χ0v) is 17.4. The molecule has 0 fully saturated rings. The summed E-state index contributed by atoms with van der Waals surface area (Å²) in [5.74, 6) is 0.947. The second kappa shape index (κ2) is 8.95. The Bertz CT molecular complexity index is 1050. The highest BCUT2D eigenvalue weighted by molar-refractivity contribution is 5.79. The molecule has 0 aliphatic carbocycles. The van der Waals surface area contributed by atoms with Gasteiger partial charge in [-0.25, -0.2) is 15.0 Å². The molecule has 0 saturated carbocycles. The molecule has 154 valence electrons. The molecule has 8 nitrogen and oxygen atoms in total. The Balaban J connectivity index is 1.81. The van der Waals surface area contributed by atoms with Crippen molar-refractivity contribution in [2.24, 2.45) is 10.8 Å². The lowest BCUT2D eigenvalue weighted by Crippen LogP contribution is -2.15. The maximum atomic E-state index is 6.06. The largest absolute Gasteiger partial charge is 0.397 e. The smallest absolute Gasteiger partial charge is 0.227 e. The molecule has 8 heteroatoms. The summed E-state index contributed by atoms with van der Waals surface area (Å²) in [6.45, 7) is 5.48. The molecule has 3 rings (SSSR count).